The Morgan fingerprint density at radius 2 is 1.84 bits per heavy atom. The number of rotatable bonds is 5. The number of carbonyl (C=O) groups is 1. The number of benzene rings is 1. The SMILES string of the molecule is CN=C(NCCNC(=O)c1cccnc1)N1CCN(c2cccc(C(F)(F)F)c2)CC1. The zero-order chi connectivity index (χ0) is 22.3. The molecule has 0 spiro atoms. The molecule has 1 aliphatic rings. The van der Waals surface area contributed by atoms with Crippen LogP contribution in [0.1, 0.15) is 15.9 Å². The number of aliphatic imine (C=N–C) groups is 1. The second-order valence-electron chi connectivity index (χ2n) is 6.99. The molecule has 1 aromatic heterocycles. The third-order valence-corrected chi connectivity index (χ3v) is 4.95. The van der Waals surface area contributed by atoms with E-state index in [1.165, 1.54) is 18.3 Å². The third kappa shape index (κ3) is 6.09. The van der Waals surface area contributed by atoms with Crippen LogP contribution in [0.4, 0.5) is 18.9 Å². The Hall–Kier alpha value is -3.30. The lowest BCUT2D eigenvalue weighted by Gasteiger charge is -2.37. The van der Waals surface area contributed by atoms with Gasteiger partial charge in [0.2, 0.25) is 0 Å². The van der Waals surface area contributed by atoms with Gasteiger partial charge >= 0.3 is 6.18 Å². The monoisotopic (exact) mass is 434 g/mol. The fourth-order valence-electron chi connectivity index (χ4n) is 3.34. The molecule has 0 saturated carbocycles. The van der Waals surface area contributed by atoms with Crippen LogP contribution in [0.15, 0.2) is 53.8 Å². The Bertz CT molecular complexity index is 895. The summed E-state index contributed by atoms with van der Waals surface area (Å²) in [5.74, 6) is 0.499. The number of carbonyl (C=O) groups excluding carboxylic acids is 1. The minimum absolute atomic E-state index is 0.195. The molecule has 2 aromatic rings. The van der Waals surface area contributed by atoms with Gasteiger partial charge in [0.1, 0.15) is 0 Å². The number of hydrogen-bond donors (Lipinski definition) is 2. The van der Waals surface area contributed by atoms with E-state index in [1.807, 2.05) is 9.80 Å². The standard InChI is InChI=1S/C21H25F3N6O/c1-25-20(28-9-8-27-19(31)16-4-3-7-26-15-16)30-12-10-29(11-13-30)18-6-2-5-17(14-18)21(22,23)24/h2-7,14-15H,8-13H2,1H3,(H,25,28)(H,27,31). The lowest BCUT2D eigenvalue weighted by atomic mass is 10.1. The number of aromatic nitrogens is 1. The Labute approximate surface area is 179 Å². The first-order valence-electron chi connectivity index (χ1n) is 9.94. The molecule has 2 heterocycles. The molecule has 1 aromatic carbocycles. The molecule has 2 N–H and O–H groups in total. The number of halogens is 3. The first kappa shape index (κ1) is 22.4. The summed E-state index contributed by atoms with van der Waals surface area (Å²) in [5.41, 5.74) is 0.423. The summed E-state index contributed by atoms with van der Waals surface area (Å²) in [6.07, 6.45) is -1.24. The molecule has 0 aliphatic carbocycles. The van der Waals surface area contributed by atoms with Gasteiger partial charge in [0.05, 0.1) is 11.1 Å². The molecular formula is C21H25F3N6O. The molecule has 0 atom stereocenters. The van der Waals surface area contributed by atoms with Gasteiger partial charge in [-0.05, 0) is 30.3 Å². The Kier molecular flexibility index (Phi) is 7.32. The van der Waals surface area contributed by atoms with Crippen LogP contribution in [0.3, 0.4) is 0 Å². The van der Waals surface area contributed by atoms with Crippen molar-refractivity contribution in [2.45, 2.75) is 6.18 Å². The second kappa shape index (κ2) is 10.1. The average molecular weight is 434 g/mol. The predicted octanol–water partition coefficient (Wildman–Crippen LogP) is 2.23. The van der Waals surface area contributed by atoms with Crippen LogP contribution in [0, 0.1) is 0 Å². The van der Waals surface area contributed by atoms with Crippen LogP contribution in [0.25, 0.3) is 0 Å². The topological polar surface area (TPSA) is 72.9 Å². The largest absolute Gasteiger partial charge is 0.416 e. The van der Waals surface area contributed by atoms with E-state index in [9.17, 15) is 18.0 Å². The highest BCUT2D eigenvalue weighted by molar-refractivity contribution is 5.93. The van der Waals surface area contributed by atoms with E-state index in [1.54, 1.807) is 31.4 Å². The summed E-state index contributed by atoms with van der Waals surface area (Å²) in [6, 6.07) is 8.80. The Morgan fingerprint density at radius 3 is 2.48 bits per heavy atom. The minimum atomic E-state index is -4.35. The lowest BCUT2D eigenvalue weighted by Crippen LogP contribution is -2.53. The van der Waals surface area contributed by atoms with E-state index in [0.29, 0.717) is 56.5 Å². The molecule has 166 valence electrons. The van der Waals surface area contributed by atoms with E-state index >= 15 is 0 Å². The number of guanidine groups is 1. The summed E-state index contributed by atoms with van der Waals surface area (Å²) in [4.78, 5) is 24.2. The number of anilines is 1. The van der Waals surface area contributed by atoms with E-state index in [0.717, 1.165) is 6.07 Å². The molecule has 0 bridgehead atoms. The molecule has 0 radical (unpaired) electrons. The summed E-state index contributed by atoms with van der Waals surface area (Å²) in [6.45, 7) is 3.32. The van der Waals surface area contributed by atoms with Crippen LogP contribution in [-0.4, -0.2) is 68.1 Å². The summed E-state index contributed by atoms with van der Waals surface area (Å²) in [7, 11) is 1.68. The molecule has 1 amide bonds. The van der Waals surface area contributed by atoms with Gasteiger partial charge in [-0.15, -0.1) is 0 Å². The molecule has 10 heteroatoms. The highest BCUT2D eigenvalue weighted by atomic mass is 19.4. The predicted molar refractivity (Wildman–Crippen MR) is 113 cm³/mol. The fraction of sp³-hybridized carbons (Fsp3) is 0.381. The van der Waals surface area contributed by atoms with Crippen LogP contribution in [0.2, 0.25) is 0 Å². The first-order valence-corrected chi connectivity index (χ1v) is 9.94. The van der Waals surface area contributed by atoms with Gasteiger partial charge in [0.25, 0.3) is 5.91 Å². The van der Waals surface area contributed by atoms with Crippen molar-refractivity contribution in [1.82, 2.24) is 20.5 Å². The van der Waals surface area contributed by atoms with Gasteiger partial charge in [-0.3, -0.25) is 14.8 Å². The normalized spacial score (nSPS) is 15.0. The molecule has 31 heavy (non-hydrogen) atoms. The van der Waals surface area contributed by atoms with Crippen LogP contribution in [-0.2, 0) is 6.18 Å². The zero-order valence-electron chi connectivity index (χ0n) is 17.2. The number of hydrogen-bond acceptors (Lipinski definition) is 4. The van der Waals surface area contributed by atoms with Gasteiger partial charge in [-0.25, -0.2) is 0 Å². The van der Waals surface area contributed by atoms with Crippen LogP contribution in [0.5, 0.6) is 0 Å². The maximum atomic E-state index is 13.0. The van der Waals surface area contributed by atoms with E-state index in [2.05, 4.69) is 20.6 Å². The van der Waals surface area contributed by atoms with Crippen molar-refractivity contribution in [1.29, 1.82) is 0 Å². The number of nitrogens with zero attached hydrogens (tertiary/aromatic N) is 4. The van der Waals surface area contributed by atoms with Crippen molar-refractivity contribution in [3.8, 4) is 0 Å². The zero-order valence-corrected chi connectivity index (χ0v) is 17.2. The third-order valence-electron chi connectivity index (χ3n) is 4.95. The Morgan fingerprint density at radius 1 is 1.10 bits per heavy atom. The molecule has 1 saturated heterocycles. The smallest absolute Gasteiger partial charge is 0.368 e. The molecular weight excluding hydrogens is 409 g/mol. The number of amides is 1. The van der Waals surface area contributed by atoms with Gasteiger partial charge in [-0.1, -0.05) is 6.07 Å². The van der Waals surface area contributed by atoms with Crippen molar-refractivity contribution in [2.75, 3.05) is 51.2 Å². The second-order valence-corrected chi connectivity index (χ2v) is 6.99. The molecule has 7 nitrogen and oxygen atoms in total. The fourth-order valence-corrected chi connectivity index (χ4v) is 3.34. The van der Waals surface area contributed by atoms with E-state index < -0.39 is 11.7 Å². The quantitative estimate of drug-likeness (QED) is 0.429. The number of piperazine rings is 1. The molecule has 1 aliphatic heterocycles. The van der Waals surface area contributed by atoms with Crippen molar-refractivity contribution in [3.05, 3.63) is 59.9 Å². The van der Waals surface area contributed by atoms with Crippen molar-refractivity contribution < 1.29 is 18.0 Å². The van der Waals surface area contributed by atoms with E-state index in [-0.39, 0.29) is 5.91 Å². The maximum absolute atomic E-state index is 13.0. The van der Waals surface area contributed by atoms with Crippen molar-refractivity contribution in [3.63, 3.8) is 0 Å². The summed E-state index contributed by atoms with van der Waals surface area (Å²) < 4.78 is 38.9. The highest BCUT2D eigenvalue weighted by Gasteiger charge is 2.31. The first-order chi connectivity index (χ1) is 14.9. The van der Waals surface area contributed by atoms with Gasteiger partial charge in [0, 0.05) is 64.4 Å². The maximum Gasteiger partial charge on any atom is 0.416 e. The molecule has 3 rings (SSSR count). The highest BCUT2D eigenvalue weighted by Crippen LogP contribution is 2.31. The molecule has 1 fully saturated rings. The summed E-state index contributed by atoms with van der Waals surface area (Å²) in [5, 5.41) is 6.02. The number of pyridine rings is 1. The molecule has 0 unspecified atom stereocenters. The number of nitrogens with one attached hydrogen (secondary N) is 2. The minimum Gasteiger partial charge on any atom is -0.368 e. The Balaban J connectivity index is 1.45. The van der Waals surface area contributed by atoms with Gasteiger partial charge in [0.15, 0.2) is 5.96 Å². The average Bonchev–Trinajstić information content (AvgIpc) is 2.79. The van der Waals surface area contributed by atoms with Gasteiger partial charge in [-0.2, -0.15) is 13.2 Å². The summed E-state index contributed by atoms with van der Waals surface area (Å²) >= 11 is 0. The van der Waals surface area contributed by atoms with Crippen molar-refractivity contribution in [2.24, 2.45) is 4.99 Å². The van der Waals surface area contributed by atoms with Crippen LogP contribution >= 0.6 is 0 Å². The van der Waals surface area contributed by atoms with Crippen molar-refractivity contribution >= 4 is 17.6 Å². The van der Waals surface area contributed by atoms with Crippen LogP contribution < -0.4 is 15.5 Å². The van der Waals surface area contributed by atoms with E-state index in [4.69, 9.17) is 0 Å². The lowest BCUT2D eigenvalue weighted by molar-refractivity contribution is -0.137. The van der Waals surface area contributed by atoms with Gasteiger partial charge < -0.3 is 20.4 Å². The number of alkyl halides is 3.